The first kappa shape index (κ1) is 28.3. The molecule has 0 aliphatic heterocycles. The van der Waals surface area contributed by atoms with Crippen molar-refractivity contribution in [3.63, 3.8) is 0 Å². The summed E-state index contributed by atoms with van der Waals surface area (Å²) in [6, 6.07) is 9.78. The number of nitriles is 1. The van der Waals surface area contributed by atoms with Crippen molar-refractivity contribution in [2.45, 2.75) is 39.0 Å². The first-order valence-corrected chi connectivity index (χ1v) is 15.7. The van der Waals surface area contributed by atoms with Gasteiger partial charge in [-0.1, -0.05) is 48.9 Å². The van der Waals surface area contributed by atoms with Gasteiger partial charge in [-0.3, -0.25) is 9.59 Å². The molecule has 1 amide bonds. The lowest BCUT2D eigenvalue weighted by Crippen LogP contribution is -2.27. The predicted octanol–water partition coefficient (Wildman–Crippen LogP) is 6.05. The molecular weight excluding hydrogens is 538 g/mol. The zero-order chi connectivity index (χ0) is 27.2. The summed E-state index contributed by atoms with van der Waals surface area (Å²) in [5.74, 6) is -1.62. The number of benzene rings is 2. The molecule has 0 aliphatic rings. The van der Waals surface area contributed by atoms with Gasteiger partial charge in [0.2, 0.25) is 0 Å². The molecular formula is C25H25Cl2FN4O4Si. The molecule has 0 aliphatic carbocycles. The average Bonchev–Trinajstić information content (AvgIpc) is 3.23. The summed E-state index contributed by atoms with van der Waals surface area (Å²) in [7, 11) is -1.26. The third-order valence-corrected chi connectivity index (χ3v) is 7.50. The molecule has 0 bridgehead atoms. The van der Waals surface area contributed by atoms with Crippen LogP contribution in [0.4, 0.5) is 4.39 Å². The highest BCUT2D eigenvalue weighted by Gasteiger charge is 2.21. The van der Waals surface area contributed by atoms with Crippen molar-refractivity contribution in [1.29, 1.82) is 5.26 Å². The fourth-order valence-electron chi connectivity index (χ4n) is 3.22. The molecule has 12 heteroatoms. The van der Waals surface area contributed by atoms with Crippen LogP contribution in [0.15, 0.2) is 36.7 Å². The average molecular weight is 563 g/mol. The van der Waals surface area contributed by atoms with E-state index in [4.69, 9.17) is 37.9 Å². The first-order chi connectivity index (χ1) is 17.5. The van der Waals surface area contributed by atoms with Crippen LogP contribution in [0.5, 0.6) is 11.5 Å². The maximum atomic E-state index is 15.3. The molecule has 0 spiro atoms. The molecule has 194 valence electrons. The SMILES string of the molecule is C[Si](C)(C)CCOCn1cnc(Cl)c1C(=O)NCc1ccc(Cl)c(Oc2cc(C#N)cc(C=O)c2)c1F. The minimum Gasteiger partial charge on any atom is -0.453 e. The van der Waals surface area contributed by atoms with Crippen molar-refractivity contribution in [2.24, 2.45) is 0 Å². The van der Waals surface area contributed by atoms with E-state index < -0.39 is 19.8 Å². The number of hydrogen-bond acceptors (Lipinski definition) is 6. The molecule has 1 aromatic heterocycles. The minimum atomic E-state index is -1.26. The second-order valence-electron chi connectivity index (χ2n) is 9.36. The smallest absolute Gasteiger partial charge is 0.271 e. The Kier molecular flexibility index (Phi) is 9.45. The maximum absolute atomic E-state index is 15.3. The molecule has 0 saturated heterocycles. The highest BCUT2D eigenvalue weighted by molar-refractivity contribution is 6.76. The highest BCUT2D eigenvalue weighted by Crippen LogP contribution is 2.34. The van der Waals surface area contributed by atoms with Crippen LogP contribution in [0, 0.1) is 17.1 Å². The number of nitrogens with zero attached hydrogens (tertiary/aromatic N) is 3. The van der Waals surface area contributed by atoms with Crippen LogP contribution in [-0.4, -0.2) is 36.4 Å². The first-order valence-electron chi connectivity index (χ1n) is 11.2. The van der Waals surface area contributed by atoms with Crippen molar-refractivity contribution < 1.29 is 23.5 Å². The summed E-state index contributed by atoms with van der Waals surface area (Å²) in [4.78, 5) is 28.0. The number of hydrogen-bond donors (Lipinski definition) is 1. The predicted molar refractivity (Wildman–Crippen MR) is 141 cm³/mol. The third-order valence-electron chi connectivity index (χ3n) is 5.22. The molecule has 3 aromatic rings. The number of amides is 1. The van der Waals surface area contributed by atoms with Crippen LogP contribution in [0.3, 0.4) is 0 Å². The van der Waals surface area contributed by atoms with Crippen molar-refractivity contribution in [2.75, 3.05) is 6.61 Å². The number of halogens is 3. The minimum absolute atomic E-state index is 0.00439. The Bertz CT molecular complexity index is 1350. The van der Waals surface area contributed by atoms with Crippen molar-refractivity contribution in [3.8, 4) is 17.6 Å². The van der Waals surface area contributed by atoms with Gasteiger partial charge in [-0.25, -0.2) is 9.37 Å². The van der Waals surface area contributed by atoms with Gasteiger partial charge in [0.1, 0.15) is 24.5 Å². The summed E-state index contributed by atoms with van der Waals surface area (Å²) >= 11 is 12.3. The lowest BCUT2D eigenvalue weighted by Gasteiger charge is -2.16. The second kappa shape index (κ2) is 12.3. The zero-order valence-electron chi connectivity index (χ0n) is 20.5. The van der Waals surface area contributed by atoms with Crippen molar-refractivity contribution >= 4 is 43.5 Å². The van der Waals surface area contributed by atoms with Crippen LogP contribution in [-0.2, 0) is 18.0 Å². The lowest BCUT2D eigenvalue weighted by molar-refractivity contribution is 0.0789. The van der Waals surface area contributed by atoms with Crippen LogP contribution >= 0.6 is 23.2 Å². The number of aldehydes is 1. The fraction of sp³-hybridized carbons (Fsp3) is 0.280. The van der Waals surface area contributed by atoms with Gasteiger partial charge in [0, 0.05) is 32.4 Å². The van der Waals surface area contributed by atoms with E-state index in [0.29, 0.717) is 12.9 Å². The molecule has 0 saturated carbocycles. The largest absolute Gasteiger partial charge is 0.453 e. The topological polar surface area (TPSA) is 106 Å². The van der Waals surface area contributed by atoms with Crippen LogP contribution in [0.1, 0.15) is 32.0 Å². The van der Waals surface area contributed by atoms with Gasteiger partial charge in [0.15, 0.2) is 16.7 Å². The zero-order valence-corrected chi connectivity index (χ0v) is 23.0. The quantitative estimate of drug-likeness (QED) is 0.173. The Labute approximate surface area is 224 Å². The van der Waals surface area contributed by atoms with E-state index in [1.807, 2.05) is 6.07 Å². The molecule has 3 rings (SSSR count). The lowest BCUT2D eigenvalue weighted by atomic mass is 10.1. The number of carbonyl (C=O) groups excluding carboxylic acids is 2. The molecule has 1 heterocycles. The summed E-state index contributed by atoms with van der Waals surface area (Å²) < 4.78 is 28.0. The Morgan fingerprint density at radius 3 is 2.70 bits per heavy atom. The normalized spacial score (nSPS) is 11.2. The molecule has 8 nitrogen and oxygen atoms in total. The van der Waals surface area contributed by atoms with Gasteiger partial charge >= 0.3 is 0 Å². The van der Waals surface area contributed by atoms with Gasteiger partial charge < -0.3 is 19.4 Å². The second-order valence-corrected chi connectivity index (χ2v) is 15.7. The Hall–Kier alpha value is -3.23. The standard InChI is InChI=1S/C25H25Cl2FN4O4Si/c1-37(2,3)7-6-35-15-32-14-31-24(27)22(32)25(34)30-12-18-4-5-20(26)23(21(18)28)36-19-9-16(11-29)8-17(10-19)13-33/h4-5,8-10,13-14H,6-7,12,15H2,1-3H3,(H,30,34). The van der Waals surface area contributed by atoms with Gasteiger partial charge in [-0.15, -0.1) is 0 Å². The van der Waals surface area contributed by atoms with Gasteiger partial charge in [-0.05, 0) is 30.3 Å². The molecule has 2 aromatic carbocycles. The number of imidazole rings is 1. The van der Waals surface area contributed by atoms with E-state index in [2.05, 4.69) is 29.9 Å². The van der Waals surface area contributed by atoms with E-state index in [-0.39, 0.29) is 57.3 Å². The van der Waals surface area contributed by atoms with E-state index >= 15 is 4.39 Å². The monoisotopic (exact) mass is 562 g/mol. The van der Waals surface area contributed by atoms with E-state index in [0.717, 1.165) is 6.04 Å². The number of nitrogens with one attached hydrogen (secondary N) is 1. The molecule has 0 unspecified atom stereocenters. The van der Waals surface area contributed by atoms with Crippen LogP contribution in [0.25, 0.3) is 0 Å². The number of carbonyl (C=O) groups is 2. The van der Waals surface area contributed by atoms with Gasteiger partial charge in [0.25, 0.3) is 5.91 Å². The molecule has 37 heavy (non-hydrogen) atoms. The maximum Gasteiger partial charge on any atom is 0.271 e. The molecule has 0 atom stereocenters. The van der Waals surface area contributed by atoms with E-state index in [1.54, 1.807) is 0 Å². The highest BCUT2D eigenvalue weighted by atomic mass is 35.5. The number of aromatic nitrogens is 2. The Balaban J connectivity index is 1.73. The summed E-state index contributed by atoms with van der Waals surface area (Å²) in [6.07, 6.45) is 1.95. The van der Waals surface area contributed by atoms with Crippen LogP contribution < -0.4 is 10.1 Å². The Morgan fingerprint density at radius 1 is 1.27 bits per heavy atom. The Morgan fingerprint density at radius 2 is 2.03 bits per heavy atom. The summed E-state index contributed by atoms with van der Waals surface area (Å²) in [6.45, 7) is 7.17. The van der Waals surface area contributed by atoms with Crippen molar-refractivity contribution in [1.82, 2.24) is 14.9 Å². The number of ether oxygens (including phenoxy) is 2. The van der Waals surface area contributed by atoms with Crippen molar-refractivity contribution in [3.05, 3.63) is 75.0 Å². The molecule has 0 radical (unpaired) electrons. The fourth-order valence-corrected chi connectivity index (χ4v) is 4.39. The molecule has 1 N–H and O–H groups in total. The third kappa shape index (κ3) is 7.63. The van der Waals surface area contributed by atoms with E-state index in [1.165, 1.54) is 41.2 Å². The summed E-state index contributed by atoms with van der Waals surface area (Å²) in [5, 5.41) is 11.7. The van der Waals surface area contributed by atoms with Crippen LogP contribution in [0.2, 0.25) is 35.9 Å². The molecule has 0 fully saturated rings. The summed E-state index contributed by atoms with van der Waals surface area (Å²) in [5.41, 5.74) is 0.535. The van der Waals surface area contributed by atoms with Gasteiger partial charge in [-0.2, -0.15) is 5.26 Å². The van der Waals surface area contributed by atoms with E-state index in [9.17, 15) is 9.59 Å². The van der Waals surface area contributed by atoms with Gasteiger partial charge in [0.05, 0.1) is 23.0 Å². The number of rotatable bonds is 11.